The van der Waals surface area contributed by atoms with E-state index in [2.05, 4.69) is 17.6 Å². The number of ether oxygens (including phenoxy) is 2. The molecule has 0 N–H and O–H groups in total. The zero-order valence-corrected chi connectivity index (χ0v) is 12.8. The Morgan fingerprint density at radius 1 is 1.30 bits per heavy atom. The molecule has 0 saturated carbocycles. The largest absolute Gasteiger partial charge is 0.491 e. The van der Waals surface area contributed by atoms with Crippen LogP contribution in [0, 0.1) is 0 Å². The van der Waals surface area contributed by atoms with E-state index in [9.17, 15) is 0 Å². The van der Waals surface area contributed by atoms with Crippen molar-refractivity contribution in [2.75, 3.05) is 26.2 Å². The lowest BCUT2D eigenvalue weighted by Crippen LogP contribution is -2.08. The minimum Gasteiger partial charge on any atom is -0.491 e. The van der Waals surface area contributed by atoms with Crippen molar-refractivity contribution in [3.05, 3.63) is 24.0 Å². The summed E-state index contributed by atoms with van der Waals surface area (Å²) in [6.45, 7) is 4.22. The van der Waals surface area contributed by atoms with Gasteiger partial charge in [0, 0.05) is 26.0 Å². The number of aryl methyl sites for hydroxylation is 1. The van der Waals surface area contributed by atoms with Crippen LogP contribution in [0.25, 0.3) is 11.0 Å². The van der Waals surface area contributed by atoms with Crippen LogP contribution in [0.15, 0.2) is 18.2 Å². The average Bonchev–Trinajstić information content (AvgIpc) is 2.81. The molecule has 0 spiro atoms. The van der Waals surface area contributed by atoms with Gasteiger partial charge >= 0.3 is 0 Å². The predicted molar refractivity (Wildman–Crippen MR) is 81.8 cm³/mol. The molecule has 4 nitrogen and oxygen atoms in total. The van der Waals surface area contributed by atoms with E-state index in [-0.39, 0.29) is 0 Å². The fraction of sp³-hybridized carbons (Fsp3) is 0.533. The number of alkyl halides is 1. The van der Waals surface area contributed by atoms with Crippen LogP contribution in [0.4, 0.5) is 0 Å². The first-order valence-corrected chi connectivity index (χ1v) is 7.51. The highest BCUT2D eigenvalue weighted by Crippen LogP contribution is 2.26. The summed E-state index contributed by atoms with van der Waals surface area (Å²) in [6.07, 6.45) is 1.72. The standard InChI is InChI=1S/C15H21ClN2O2/c1-3-10-20-13-6-4-5-12-15(13)17-14(7-8-16)18(12)9-11-19-2/h4-6H,3,7-11H2,1-2H3. The maximum absolute atomic E-state index is 5.88. The molecule has 1 aromatic carbocycles. The molecule has 5 heteroatoms. The lowest BCUT2D eigenvalue weighted by atomic mass is 10.3. The Hall–Kier alpha value is -1.26. The zero-order valence-electron chi connectivity index (χ0n) is 12.1. The highest BCUT2D eigenvalue weighted by molar-refractivity contribution is 6.17. The van der Waals surface area contributed by atoms with Crippen molar-refractivity contribution in [1.29, 1.82) is 0 Å². The van der Waals surface area contributed by atoms with Crippen molar-refractivity contribution in [2.24, 2.45) is 0 Å². The summed E-state index contributed by atoms with van der Waals surface area (Å²) in [5.41, 5.74) is 1.99. The smallest absolute Gasteiger partial charge is 0.147 e. The van der Waals surface area contributed by atoms with Gasteiger partial charge in [-0.25, -0.2) is 4.98 Å². The molecule has 0 amide bonds. The molecule has 0 aliphatic rings. The quantitative estimate of drug-likeness (QED) is 0.702. The van der Waals surface area contributed by atoms with Crippen LogP contribution in [-0.4, -0.2) is 35.8 Å². The number of benzene rings is 1. The monoisotopic (exact) mass is 296 g/mol. The minimum absolute atomic E-state index is 0.557. The van der Waals surface area contributed by atoms with Crippen LogP contribution in [0.5, 0.6) is 5.75 Å². The van der Waals surface area contributed by atoms with Gasteiger partial charge in [-0.05, 0) is 18.6 Å². The summed E-state index contributed by atoms with van der Waals surface area (Å²) in [5, 5.41) is 0. The Morgan fingerprint density at radius 3 is 2.85 bits per heavy atom. The first kappa shape index (κ1) is 15.1. The van der Waals surface area contributed by atoms with Crippen LogP contribution in [0.1, 0.15) is 19.2 Å². The highest BCUT2D eigenvalue weighted by Gasteiger charge is 2.13. The van der Waals surface area contributed by atoms with E-state index < -0.39 is 0 Å². The van der Waals surface area contributed by atoms with E-state index in [1.165, 1.54) is 0 Å². The number of imidazole rings is 1. The third kappa shape index (κ3) is 3.25. The van der Waals surface area contributed by atoms with Crippen molar-refractivity contribution < 1.29 is 9.47 Å². The molecule has 20 heavy (non-hydrogen) atoms. The molecule has 1 aromatic heterocycles. The Bertz CT molecular complexity index is 554. The molecule has 1 heterocycles. The van der Waals surface area contributed by atoms with Gasteiger partial charge in [0.2, 0.25) is 0 Å². The number of halogens is 1. The number of hydrogen-bond acceptors (Lipinski definition) is 3. The van der Waals surface area contributed by atoms with Gasteiger partial charge in [-0.3, -0.25) is 0 Å². The maximum atomic E-state index is 5.88. The first-order chi connectivity index (χ1) is 9.81. The Morgan fingerprint density at radius 2 is 2.15 bits per heavy atom. The maximum Gasteiger partial charge on any atom is 0.147 e. The molecule has 0 radical (unpaired) electrons. The average molecular weight is 297 g/mol. The molecule has 0 atom stereocenters. The molecule has 0 saturated heterocycles. The Balaban J connectivity index is 2.42. The van der Waals surface area contributed by atoms with Gasteiger partial charge in [0.25, 0.3) is 0 Å². The third-order valence-electron chi connectivity index (χ3n) is 3.12. The summed E-state index contributed by atoms with van der Waals surface area (Å²) in [6, 6.07) is 6.04. The van der Waals surface area contributed by atoms with Gasteiger partial charge in [-0.15, -0.1) is 11.6 Å². The molecule has 0 unspecified atom stereocenters. The molecular weight excluding hydrogens is 276 g/mol. The van der Waals surface area contributed by atoms with Gasteiger partial charge in [-0.2, -0.15) is 0 Å². The highest BCUT2D eigenvalue weighted by atomic mass is 35.5. The number of rotatable bonds is 8. The fourth-order valence-corrected chi connectivity index (χ4v) is 2.37. The number of hydrogen-bond donors (Lipinski definition) is 0. The van der Waals surface area contributed by atoms with Crippen molar-refractivity contribution in [2.45, 2.75) is 26.3 Å². The molecular formula is C15H21ClN2O2. The van der Waals surface area contributed by atoms with E-state index in [0.29, 0.717) is 19.1 Å². The van der Waals surface area contributed by atoms with Crippen LogP contribution < -0.4 is 4.74 Å². The van der Waals surface area contributed by atoms with E-state index in [1.54, 1.807) is 7.11 Å². The molecule has 110 valence electrons. The molecule has 2 aromatic rings. The van der Waals surface area contributed by atoms with Crippen molar-refractivity contribution in [1.82, 2.24) is 9.55 Å². The summed E-state index contributed by atoms with van der Waals surface area (Å²) >= 11 is 5.88. The SMILES string of the molecule is CCCOc1cccc2c1nc(CCCl)n2CCOC. The molecule has 0 fully saturated rings. The van der Waals surface area contributed by atoms with Crippen molar-refractivity contribution in [3.8, 4) is 5.75 Å². The van der Waals surface area contributed by atoms with Gasteiger partial charge < -0.3 is 14.0 Å². The lowest BCUT2D eigenvalue weighted by molar-refractivity contribution is 0.187. The van der Waals surface area contributed by atoms with Crippen LogP contribution in [0.2, 0.25) is 0 Å². The molecule has 0 bridgehead atoms. The second-order valence-electron chi connectivity index (χ2n) is 4.58. The zero-order chi connectivity index (χ0) is 14.4. The number of methoxy groups -OCH3 is 1. The normalized spacial score (nSPS) is 11.2. The van der Waals surface area contributed by atoms with Crippen LogP contribution >= 0.6 is 11.6 Å². The second-order valence-corrected chi connectivity index (χ2v) is 4.96. The molecule has 0 aliphatic carbocycles. The van der Waals surface area contributed by atoms with Crippen molar-refractivity contribution >= 4 is 22.6 Å². The predicted octanol–water partition coefficient (Wildman–Crippen LogP) is 3.25. The van der Waals surface area contributed by atoms with Crippen molar-refractivity contribution in [3.63, 3.8) is 0 Å². The van der Waals surface area contributed by atoms with Gasteiger partial charge in [0.15, 0.2) is 0 Å². The van der Waals surface area contributed by atoms with Crippen LogP contribution in [0.3, 0.4) is 0 Å². The van der Waals surface area contributed by atoms with E-state index >= 15 is 0 Å². The first-order valence-electron chi connectivity index (χ1n) is 6.97. The van der Waals surface area contributed by atoms with E-state index in [0.717, 1.165) is 42.0 Å². The van der Waals surface area contributed by atoms with Gasteiger partial charge in [0.1, 0.15) is 17.1 Å². The lowest BCUT2D eigenvalue weighted by Gasteiger charge is -2.08. The summed E-state index contributed by atoms with van der Waals surface area (Å²) in [4.78, 5) is 4.71. The van der Waals surface area contributed by atoms with E-state index in [1.807, 2.05) is 12.1 Å². The summed E-state index contributed by atoms with van der Waals surface area (Å²) in [7, 11) is 1.70. The third-order valence-corrected chi connectivity index (χ3v) is 3.31. The number of para-hydroxylation sites is 1. The second kappa shape index (κ2) is 7.50. The molecule has 0 aliphatic heterocycles. The topological polar surface area (TPSA) is 36.3 Å². The fourth-order valence-electron chi connectivity index (χ4n) is 2.21. The Kier molecular flexibility index (Phi) is 5.68. The number of aromatic nitrogens is 2. The Labute approximate surface area is 124 Å². The summed E-state index contributed by atoms with van der Waals surface area (Å²) in [5.74, 6) is 2.39. The minimum atomic E-state index is 0.557. The van der Waals surface area contributed by atoms with E-state index in [4.69, 9.17) is 26.1 Å². The number of nitrogens with zero attached hydrogens (tertiary/aromatic N) is 2. The molecule has 2 rings (SSSR count). The van der Waals surface area contributed by atoms with Gasteiger partial charge in [-0.1, -0.05) is 13.0 Å². The van der Waals surface area contributed by atoms with Crippen LogP contribution in [-0.2, 0) is 17.7 Å². The number of fused-ring (bicyclic) bond motifs is 1. The summed E-state index contributed by atoms with van der Waals surface area (Å²) < 4.78 is 13.1. The van der Waals surface area contributed by atoms with Gasteiger partial charge in [0.05, 0.1) is 18.7 Å².